The second-order valence-electron chi connectivity index (χ2n) is 4.67. The minimum Gasteiger partial charge on any atom is -0.348 e. The van der Waals surface area contributed by atoms with Crippen LogP contribution in [0.2, 0.25) is 0 Å². The third-order valence-electron chi connectivity index (χ3n) is 3.15. The van der Waals surface area contributed by atoms with Gasteiger partial charge in [0, 0.05) is 31.3 Å². The lowest BCUT2D eigenvalue weighted by Crippen LogP contribution is -2.11. The van der Waals surface area contributed by atoms with Gasteiger partial charge in [-0.05, 0) is 30.3 Å². The van der Waals surface area contributed by atoms with Gasteiger partial charge in [0.05, 0.1) is 12.2 Å². The van der Waals surface area contributed by atoms with Gasteiger partial charge in [-0.15, -0.1) is 0 Å². The lowest BCUT2D eigenvalue weighted by molar-refractivity contribution is 0.720. The van der Waals surface area contributed by atoms with E-state index < -0.39 is 0 Å². The number of hydrogen-bond donors (Lipinski definition) is 1. The Bertz CT molecular complexity index is 632. The normalized spacial score (nSPS) is 11.2. The summed E-state index contributed by atoms with van der Waals surface area (Å²) in [5, 5.41) is 3.33. The van der Waals surface area contributed by atoms with E-state index in [0.717, 1.165) is 31.0 Å². The van der Waals surface area contributed by atoms with Crippen LogP contribution in [-0.2, 0) is 13.1 Å². The van der Waals surface area contributed by atoms with E-state index in [0.29, 0.717) is 0 Å². The van der Waals surface area contributed by atoms with Crippen LogP contribution < -0.4 is 5.32 Å². The molecular weight excluding hydrogens is 236 g/mol. The van der Waals surface area contributed by atoms with Crippen molar-refractivity contribution in [2.75, 3.05) is 6.54 Å². The molecule has 0 unspecified atom stereocenters. The molecule has 0 atom stereocenters. The first-order valence-electron chi connectivity index (χ1n) is 6.63. The van der Waals surface area contributed by atoms with Crippen LogP contribution >= 0.6 is 0 Å². The maximum absolute atomic E-state index is 4.61. The summed E-state index contributed by atoms with van der Waals surface area (Å²) in [4.78, 5) is 4.61. The molecule has 4 nitrogen and oxygen atoms in total. The molecule has 0 radical (unpaired) electrons. The average Bonchev–Trinajstić information content (AvgIpc) is 3.02. The standard InChI is InChI=1S/C15H18N4/c1-2-16-9-13-6-8-18(10-13)11-14-12-19-7-4-3-5-15(19)17-14/h3-8,10,12,16H,2,9,11H2,1H3. The van der Waals surface area contributed by atoms with Crippen LogP contribution in [0.25, 0.3) is 5.65 Å². The van der Waals surface area contributed by atoms with Crippen LogP contribution in [0, 0.1) is 0 Å². The van der Waals surface area contributed by atoms with Crippen molar-refractivity contribution >= 4 is 5.65 Å². The van der Waals surface area contributed by atoms with Crippen LogP contribution in [0.4, 0.5) is 0 Å². The SMILES string of the molecule is CCNCc1ccn(Cc2cn3ccccc3n2)c1. The maximum atomic E-state index is 4.61. The Morgan fingerprint density at radius 2 is 2.11 bits per heavy atom. The Balaban J connectivity index is 1.75. The Morgan fingerprint density at radius 3 is 2.95 bits per heavy atom. The molecule has 0 aliphatic heterocycles. The van der Waals surface area contributed by atoms with Gasteiger partial charge in [0.25, 0.3) is 0 Å². The quantitative estimate of drug-likeness (QED) is 0.758. The number of nitrogens with zero attached hydrogens (tertiary/aromatic N) is 3. The van der Waals surface area contributed by atoms with Crippen LogP contribution in [0.15, 0.2) is 49.1 Å². The summed E-state index contributed by atoms with van der Waals surface area (Å²) in [6, 6.07) is 8.20. The van der Waals surface area contributed by atoms with Gasteiger partial charge in [-0.1, -0.05) is 13.0 Å². The molecule has 0 spiro atoms. The maximum Gasteiger partial charge on any atom is 0.137 e. The average molecular weight is 254 g/mol. The number of hydrogen-bond acceptors (Lipinski definition) is 2. The molecule has 98 valence electrons. The third-order valence-corrected chi connectivity index (χ3v) is 3.15. The predicted molar refractivity (Wildman–Crippen MR) is 76.1 cm³/mol. The summed E-state index contributed by atoms with van der Waals surface area (Å²) in [7, 11) is 0. The van der Waals surface area contributed by atoms with Gasteiger partial charge in [-0.3, -0.25) is 0 Å². The Kier molecular flexibility index (Phi) is 3.33. The van der Waals surface area contributed by atoms with E-state index in [1.165, 1.54) is 5.56 Å². The van der Waals surface area contributed by atoms with Crippen molar-refractivity contribution in [1.82, 2.24) is 19.3 Å². The number of imidazole rings is 1. The lowest BCUT2D eigenvalue weighted by atomic mass is 10.3. The number of fused-ring (bicyclic) bond motifs is 1. The highest BCUT2D eigenvalue weighted by molar-refractivity contribution is 5.39. The van der Waals surface area contributed by atoms with E-state index >= 15 is 0 Å². The molecule has 1 N–H and O–H groups in total. The van der Waals surface area contributed by atoms with E-state index in [9.17, 15) is 0 Å². The minimum atomic E-state index is 0.813. The van der Waals surface area contributed by atoms with E-state index in [1.54, 1.807) is 0 Å². The van der Waals surface area contributed by atoms with E-state index in [1.807, 2.05) is 24.4 Å². The topological polar surface area (TPSA) is 34.3 Å². The van der Waals surface area contributed by atoms with Gasteiger partial charge in [0.15, 0.2) is 0 Å². The van der Waals surface area contributed by atoms with Gasteiger partial charge in [-0.25, -0.2) is 4.98 Å². The van der Waals surface area contributed by atoms with Crippen LogP contribution in [0.3, 0.4) is 0 Å². The lowest BCUT2D eigenvalue weighted by Gasteiger charge is -1.99. The van der Waals surface area contributed by atoms with Crippen LogP contribution in [-0.4, -0.2) is 20.5 Å². The fourth-order valence-electron chi connectivity index (χ4n) is 2.21. The first-order chi connectivity index (χ1) is 9.35. The van der Waals surface area contributed by atoms with Crippen molar-refractivity contribution in [3.8, 4) is 0 Å². The van der Waals surface area contributed by atoms with Gasteiger partial charge < -0.3 is 14.3 Å². The van der Waals surface area contributed by atoms with Crippen molar-refractivity contribution in [3.05, 3.63) is 60.3 Å². The van der Waals surface area contributed by atoms with E-state index in [-0.39, 0.29) is 0 Å². The molecular formula is C15H18N4. The zero-order chi connectivity index (χ0) is 13.1. The van der Waals surface area contributed by atoms with Gasteiger partial charge >= 0.3 is 0 Å². The van der Waals surface area contributed by atoms with Crippen molar-refractivity contribution in [2.45, 2.75) is 20.0 Å². The first-order valence-corrected chi connectivity index (χ1v) is 6.63. The Labute approximate surface area is 112 Å². The molecule has 0 aliphatic rings. The number of nitrogens with one attached hydrogen (secondary N) is 1. The summed E-state index contributed by atoms with van der Waals surface area (Å²) in [5.41, 5.74) is 3.39. The predicted octanol–water partition coefficient (Wildman–Crippen LogP) is 2.29. The highest BCUT2D eigenvalue weighted by Crippen LogP contribution is 2.08. The van der Waals surface area contributed by atoms with E-state index in [2.05, 4.69) is 50.8 Å². The zero-order valence-electron chi connectivity index (χ0n) is 11.1. The molecule has 3 aromatic heterocycles. The second-order valence-corrected chi connectivity index (χ2v) is 4.67. The van der Waals surface area contributed by atoms with Crippen molar-refractivity contribution in [1.29, 1.82) is 0 Å². The van der Waals surface area contributed by atoms with Gasteiger partial charge in [-0.2, -0.15) is 0 Å². The molecule has 19 heavy (non-hydrogen) atoms. The molecule has 0 bridgehead atoms. The Morgan fingerprint density at radius 1 is 1.16 bits per heavy atom. The largest absolute Gasteiger partial charge is 0.348 e. The fourth-order valence-corrected chi connectivity index (χ4v) is 2.21. The molecule has 3 rings (SSSR count). The summed E-state index contributed by atoms with van der Waals surface area (Å²) < 4.78 is 4.23. The summed E-state index contributed by atoms with van der Waals surface area (Å²) in [5.74, 6) is 0. The van der Waals surface area contributed by atoms with E-state index in [4.69, 9.17) is 0 Å². The molecule has 0 saturated heterocycles. The van der Waals surface area contributed by atoms with Crippen LogP contribution in [0.5, 0.6) is 0 Å². The Hall–Kier alpha value is -2.07. The highest BCUT2D eigenvalue weighted by Gasteiger charge is 2.02. The fraction of sp³-hybridized carbons (Fsp3) is 0.267. The minimum absolute atomic E-state index is 0.813. The molecule has 3 heterocycles. The van der Waals surface area contributed by atoms with Gasteiger partial charge in [0.2, 0.25) is 0 Å². The molecule has 0 amide bonds. The van der Waals surface area contributed by atoms with Crippen LogP contribution in [0.1, 0.15) is 18.2 Å². The number of pyridine rings is 1. The highest BCUT2D eigenvalue weighted by atomic mass is 15.0. The van der Waals surface area contributed by atoms with Crippen molar-refractivity contribution in [3.63, 3.8) is 0 Å². The molecule has 0 fully saturated rings. The summed E-state index contributed by atoms with van der Waals surface area (Å²) in [6.45, 7) is 4.85. The molecule has 3 aromatic rings. The number of aromatic nitrogens is 3. The summed E-state index contributed by atoms with van der Waals surface area (Å²) >= 11 is 0. The van der Waals surface area contributed by atoms with Crippen molar-refractivity contribution in [2.24, 2.45) is 0 Å². The van der Waals surface area contributed by atoms with Crippen molar-refractivity contribution < 1.29 is 0 Å². The van der Waals surface area contributed by atoms with Gasteiger partial charge in [0.1, 0.15) is 5.65 Å². The molecule has 0 aliphatic carbocycles. The molecule has 0 saturated carbocycles. The molecule has 0 aromatic carbocycles. The third kappa shape index (κ3) is 2.69. The monoisotopic (exact) mass is 254 g/mol. The first kappa shape index (κ1) is 12.0. The zero-order valence-corrected chi connectivity index (χ0v) is 11.1. The number of rotatable bonds is 5. The second kappa shape index (κ2) is 5.28. The summed E-state index contributed by atoms with van der Waals surface area (Å²) in [6.07, 6.45) is 8.39. The molecule has 4 heteroatoms. The smallest absolute Gasteiger partial charge is 0.137 e.